The quantitative estimate of drug-likeness (QED) is 0.818. The lowest BCUT2D eigenvalue weighted by atomic mass is 10.1. The molecule has 0 bridgehead atoms. The average Bonchev–Trinajstić information content (AvgIpc) is 2.91. The van der Waals surface area contributed by atoms with Crippen LogP contribution in [0.25, 0.3) is 0 Å². The third-order valence-electron chi connectivity index (χ3n) is 4.19. The van der Waals surface area contributed by atoms with Gasteiger partial charge in [0, 0.05) is 25.6 Å². The third-order valence-corrected chi connectivity index (χ3v) is 4.19. The number of benzene rings is 1. The molecule has 2 N–H and O–H groups in total. The molecular weight excluding hydrogens is 300 g/mol. The van der Waals surface area contributed by atoms with Gasteiger partial charge in [-0.3, -0.25) is 4.79 Å². The zero-order chi connectivity index (χ0) is 15.2. The van der Waals surface area contributed by atoms with Gasteiger partial charge in [0.05, 0.1) is 6.61 Å². The number of nitrogens with two attached hydrogens (primary N) is 1. The molecule has 124 valence electrons. The van der Waals surface area contributed by atoms with Crippen molar-refractivity contribution in [3.8, 4) is 5.75 Å². The normalized spacial score (nSPS) is 20.3. The lowest BCUT2D eigenvalue weighted by molar-refractivity contribution is -0.134. The van der Waals surface area contributed by atoms with Gasteiger partial charge >= 0.3 is 0 Å². The van der Waals surface area contributed by atoms with Crippen molar-refractivity contribution in [3.05, 3.63) is 29.8 Å². The minimum absolute atomic E-state index is 0. The van der Waals surface area contributed by atoms with E-state index >= 15 is 0 Å². The lowest BCUT2D eigenvalue weighted by Gasteiger charge is -2.21. The Morgan fingerprint density at radius 3 is 2.73 bits per heavy atom. The summed E-state index contributed by atoms with van der Waals surface area (Å²) in [5, 5.41) is 0. The molecule has 1 amide bonds. The number of aryl methyl sites for hydroxylation is 1. The van der Waals surface area contributed by atoms with E-state index in [0.29, 0.717) is 6.61 Å². The number of amides is 1. The van der Waals surface area contributed by atoms with Crippen LogP contribution in [-0.4, -0.2) is 37.0 Å². The topological polar surface area (TPSA) is 55.6 Å². The maximum atomic E-state index is 12.2. The van der Waals surface area contributed by atoms with E-state index in [1.165, 1.54) is 0 Å². The maximum absolute atomic E-state index is 12.2. The highest BCUT2D eigenvalue weighted by Crippen LogP contribution is 2.25. The van der Waals surface area contributed by atoms with E-state index < -0.39 is 0 Å². The van der Waals surface area contributed by atoms with Crippen molar-refractivity contribution in [2.45, 2.75) is 38.6 Å². The molecular formula is C17H27ClN2O2. The molecule has 2 rings (SSSR count). The molecule has 1 aliphatic rings. The van der Waals surface area contributed by atoms with Gasteiger partial charge in [0.2, 0.25) is 5.91 Å². The molecule has 5 heteroatoms. The number of nitrogens with zero attached hydrogens (tertiary/aromatic N) is 1. The van der Waals surface area contributed by atoms with Gasteiger partial charge in [0.25, 0.3) is 0 Å². The highest BCUT2D eigenvalue weighted by atomic mass is 35.5. The van der Waals surface area contributed by atoms with Crippen LogP contribution in [0, 0.1) is 12.8 Å². The van der Waals surface area contributed by atoms with E-state index in [2.05, 4.69) is 0 Å². The molecule has 1 aromatic carbocycles. The summed E-state index contributed by atoms with van der Waals surface area (Å²) in [6, 6.07) is 8.19. The van der Waals surface area contributed by atoms with Crippen LogP contribution in [0.4, 0.5) is 0 Å². The lowest BCUT2D eigenvalue weighted by Crippen LogP contribution is -2.34. The first-order valence-corrected chi connectivity index (χ1v) is 7.77. The molecule has 0 aromatic heterocycles. The standard InChI is InChI=1S/C17H26N2O2.ClH/c1-13-6-3-4-7-16(13)21-11-5-10-19(2)17(20)14-8-9-15(18)12-14;/h3-4,6-7,14-15H,5,8-12,18H2,1-2H3;1H. The monoisotopic (exact) mass is 326 g/mol. The fourth-order valence-electron chi connectivity index (χ4n) is 2.86. The molecule has 0 spiro atoms. The minimum atomic E-state index is 0. The van der Waals surface area contributed by atoms with Gasteiger partial charge in [0.15, 0.2) is 0 Å². The van der Waals surface area contributed by atoms with Crippen molar-refractivity contribution >= 4 is 18.3 Å². The van der Waals surface area contributed by atoms with E-state index in [9.17, 15) is 4.79 Å². The molecule has 22 heavy (non-hydrogen) atoms. The Labute approximate surface area is 139 Å². The van der Waals surface area contributed by atoms with Gasteiger partial charge in [-0.1, -0.05) is 18.2 Å². The predicted molar refractivity (Wildman–Crippen MR) is 91.5 cm³/mol. The largest absolute Gasteiger partial charge is 0.493 e. The zero-order valence-corrected chi connectivity index (χ0v) is 14.3. The highest BCUT2D eigenvalue weighted by Gasteiger charge is 2.29. The number of carbonyl (C=O) groups is 1. The third kappa shape index (κ3) is 5.18. The minimum Gasteiger partial charge on any atom is -0.493 e. The number of carbonyl (C=O) groups excluding carboxylic acids is 1. The van der Waals surface area contributed by atoms with Crippen LogP contribution < -0.4 is 10.5 Å². The van der Waals surface area contributed by atoms with Gasteiger partial charge in [-0.15, -0.1) is 12.4 Å². The highest BCUT2D eigenvalue weighted by molar-refractivity contribution is 5.85. The Balaban J connectivity index is 0.00000242. The average molecular weight is 327 g/mol. The molecule has 2 unspecified atom stereocenters. The summed E-state index contributed by atoms with van der Waals surface area (Å²) in [4.78, 5) is 14.1. The summed E-state index contributed by atoms with van der Waals surface area (Å²) in [5.41, 5.74) is 7.01. The van der Waals surface area contributed by atoms with Gasteiger partial charge in [0.1, 0.15) is 5.75 Å². The Kier molecular flexibility index (Phi) is 7.69. The number of para-hydroxylation sites is 1. The van der Waals surface area contributed by atoms with Crippen LogP contribution in [-0.2, 0) is 4.79 Å². The van der Waals surface area contributed by atoms with E-state index in [0.717, 1.165) is 43.5 Å². The predicted octanol–water partition coefficient (Wildman–Crippen LogP) is 2.77. The Bertz CT molecular complexity index is 481. The summed E-state index contributed by atoms with van der Waals surface area (Å²) in [7, 11) is 1.87. The van der Waals surface area contributed by atoms with Crippen LogP contribution >= 0.6 is 12.4 Å². The SMILES string of the molecule is Cc1ccccc1OCCCN(C)C(=O)C1CCC(N)C1.Cl. The van der Waals surface area contributed by atoms with Crippen molar-refractivity contribution in [2.75, 3.05) is 20.2 Å². The second-order valence-electron chi connectivity index (χ2n) is 6.00. The molecule has 1 aliphatic carbocycles. The van der Waals surface area contributed by atoms with Crippen molar-refractivity contribution in [3.63, 3.8) is 0 Å². The van der Waals surface area contributed by atoms with Gasteiger partial charge in [-0.2, -0.15) is 0 Å². The molecule has 0 saturated heterocycles. The van der Waals surface area contributed by atoms with E-state index in [4.69, 9.17) is 10.5 Å². The summed E-state index contributed by atoms with van der Waals surface area (Å²) in [5.74, 6) is 1.29. The van der Waals surface area contributed by atoms with Crippen LogP contribution in [0.15, 0.2) is 24.3 Å². The number of rotatable bonds is 6. The molecule has 0 aliphatic heterocycles. The number of halogens is 1. The Morgan fingerprint density at radius 1 is 1.36 bits per heavy atom. The molecule has 0 heterocycles. The summed E-state index contributed by atoms with van der Waals surface area (Å²) in [6.07, 6.45) is 3.59. The van der Waals surface area contributed by atoms with Gasteiger partial charge in [-0.25, -0.2) is 0 Å². The smallest absolute Gasteiger partial charge is 0.225 e. The fourth-order valence-corrected chi connectivity index (χ4v) is 2.86. The van der Waals surface area contributed by atoms with E-state index in [-0.39, 0.29) is 30.3 Å². The summed E-state index contributed by atoms with van der Waals surface area (Å²) in [6.45, 7) is 3.40. The molecule has 1 saturated carbocycles. The zero-order valence-electron chi connectivity index (χ0n) is 13.5. The van der Waals surface area contributed by atoms with Gasteiger partial charge in [-0.05, 0) is 44.2 Å². The summed E-state index contributed by atoms with van der Waals surface area (Å²) >= 11 is 0. The first kappa shape index (κ1) is 18.8. The molecule has 1 aromatic rings. The van der Waals surface area contributed by atoms with Crippen LogP contribution in [0.2, 0.25) is 0 Å². The van der Waals surface area contributed by atoms with Crippen LogP contribution in [0.3, 0.4) is 0 Å². The number of ether oxygens (including phenoxy) is 1. The van der Waals surface area contributed by atoms with Crippen LogP contribution in [0.1, 0.15) is 31.2 Å². The van der Waals surface area contributed by atoms with Gasteiger partial charge < -0.3 is 15.4 Å². The van der Waals surface area contributed by atoms with Crippen LogP contribution in [0.5, 0.6) is 5.75 Å². The fraction of sp³-hybridized carbons (Fsp3) is 0.588. The Hall–Kier alpha value is -1.26. The first-order valence-electron chi connectivity index (χ1n) is 7.77. The second kappa shape index (κ2) is 9.01. The first-order chi connectivity index (χ1) is 10.1. The molecule has 1 fully saturated rings. The maximum Gasteiger partial charge on any atom is 0.225 e. The number of hydrogen-bond donors (Lipinski definition) is 1. The second-order valence-corrected chi connectivity index (χ2v) is 6.00. The van der Waals surface area contributed by atoms with E-state index in [1.807, 2.05) is 43.1 Å². The molecule has 2 atom stereocenters. The van der Waals surface area contributed by atoms with Crippen molar-refractivity contribution in [1.29, 1.82) is 0 Å². The van der Waals surface area contributed by atoms with Crippen molar-refractivity contribution in [1.82, 2.24) is 4.90 Å². The van der Waals surface area contributed by atoms with Crippen molar-refractivity contribution in [2.24, 2.45) is 11.7 Å². The summed E-state index contributed by atoms with van der Waals surface area (Å²) < 4.78 is 5.75. The molecule has 0 radical (unpaired) electrons. The molecule has 4 nitrogen and oxygen atoms in total. The number of hydrogen-bond acceptors (Lipinski definition) is 3. The van der Waals surface area contributed by atoms with E-state index in [1.54, 1.807) is 0 Å². The Morgan fingerprint density at radius 2 is 2.09 bits per heavy atom. The van der Waals surface area contributed by atoms with Crippen molar-refractivity contribution < 1.29 is 9.53 Å².